The number of nitrogens with zero attached hydrogens (tertiary/aromatic N) is 1. The number of aromatic nitrogens is 1. The lowest BCUT2D eigenvalue weighted by Crippen LogP contribution is -2.36. The fourth-order valence-corrected chi connectivity index (χ4v) is 3.33. The number of amides is 1. The molecule has 0 radical (unpaired) electrons. The monoisotopic (exact) mass is 444 g/mol. The topological polar surface area (TPSA) is 51.2 Å². The van der Waals surface area contributed by atoms with Gasteiger partial charge >= 0.3 is 6.09 Å². The summed E-state index contributed by atoms with van der Waals surface area (Å²) in [7, 11) is 0. The van der Waals surface area contributed by atoms with Gasteiger partial charge in [-0.05, 0) is 68.7 Å². The van der Waals surface area contributed by atoms with Gasteiger partial charge in [0.25, 0.3) is 0 Å². The van der Waals surface area contributed by atoms with Crippen LogP contribution in [-0.2, 0) is 11.2 Å². The van der Waals surface area contributed by atoms with Gasteiger partial charge in [-0.15, -0.1) is 0 Å². The number of benzene rings is 2. The van der Waals surface area contributed by atoms with Crippen molar-refractivity contribution in [2.24, 2.45) is 0 Å². The molecule has 1 amide bonds. The Kier molecular flexibility index (Phi) is 6.91. The van der Waals surface area contributed by atoms with Crippen molar-refractivity contribution in [1.29, 1.82) is 0 Å². The first-order valence-electron chi connectivity index (χ1n) is 9.76. The Balaban J connectivity index is 2.01. The van der Waals surface area contributed by atoms with Crippen molar-refractivity contribution in [2.75, 3.05) is 0 Å². The smallest absolute Gasteiger partial charge is 0.408 e. The fraction of sp³-hybridized carbons (Fsp3) is 0.250. The second kappa shape index (κ2) is 9.43. The molecule has 1 N–H and O–H groups in total. The summed E-state index contributed by atoms with van der Waals surface area (Å²) in [6, 6.07) is 13.4. The van der Waals surface area contributed by atoms with Gasteiger partial charge in [0.1, 0.15) is 17.2 Å². The molecule has 0 aliphatic carbocycles. The summed E-state index contributed by atoms with van der Waals surface area (Å²) in [6.45, 7) is 5.26. The van der Waals surface area contributed by atoms with E-state index in [0.29, 0.717) is 16.3 Å². The van der Waals surface area contributed by atoms with E-state index in [1.54, 1.807) is 45.2 Å². The van der Waals surface area contributed by atoms with E-state index in [0.717, 1.165) is 17.2 Å². The summed E-state index contributed by atoms with van der Waals surface area (Å²) in [5, 5.41) is 3.39. The quantitative estimate of drug-likeness (QED) is 0.489. The summed E-state index contributed by atoms with van der Waals surface area (Å²) in [6.07, 6.45) is 1.07. The number of carbonyl (C=O) groups excluding carboxylic acids is 1. The predicted molar refractivity (Wildman–Crippen MR) is 117 cm³/mol. The summed E-state index contributed by atoms with van der Waals surface area (Å²) < 4.78 is 32.9. The number of halogens is 3. The van der Waals surface area contributed by atoms with Gasteiger partial charge in [0.05, 0.1) is 11.7 Å². The first kappa shape index (κ1) is 22.7. The van der Waals surface area contributed by atoms with Crippen LogP contribution in [0.5, 0.6) is 0 Å². The largest absolute Gasteiger partial charge is 0.444 e. The molecular formula is C24H23ClF2N2O2. The first-order chi connectivity index (χ1) is 14.6. The van der Waals surface area contributed by atoms with Crippen molar-refractivity contribution in [2.45, 2.75) is 38.8 Å². The van der Waals surface area contributed by atoms with Crippen molar-refractivity contribution in [3.63, 3.8) is 0 Å². The van der Waals surface area contributed by atoms with Crippen LogP contribution in [0.2, 0.25) is 5.02 Å². The molecule has 1 unspecified atom stereocenters. The van der Waals surface area contributed by atoms with E-state index in [-0.39, 0.29) is 6.42 Å². The summed E-state index contributed by atoms with van der Waals surface area (Å²) in [4.78, 5) is 17.0. The third kappa shape index (κ3) is 6.49. The maximum atomic E-state index is 13.8. The van der Waals surface area contributed by atoms with E-state index in [2.05, 4.69) is 10.3 Å². The SMILES string of the molecule is CC(C)(C)OC(=O)NC(Cc1cc(F)cc(F)c1)c1ncccc1-c1ccc(Cl)cc1. The van der Waals surface area contributed by atoms with Crippen LogP contribution in [0.15, 0.2) is 60.8 Å². The third-order valence-electron chi connectivity index (χ3n) is 4.38. The molecule has 0 aliphatic heterocycles. The van der Waals surface area contributed by atoms with Crippen molar-refractivity contribution in [3.8, 4) is 11.1 Å². The Labute approximate surface area is 185 Å². The molecule has 3 rings (SSSR count). The maximum absolute atomic E-state index is 13.8. The number of ether oxygens (including phenoxy) is 1. The number of alkyl carbamates (subject to hydrolysis) is 1. The Bertz CT molecular complexity index is 1050. The molecule has 1 aromatic heterocycles. The van der Waals surface area contributed by atoms with Crippen molar-refractivity contribution >= 4 is 17.7 Å². The molecule has 162 valence electrons. The lowest BCUT2D eigenvalue weighted by atomic mass is 9.95. The van der Waals surface area contributed by atoms with Gasteiger partial charge in [-0.2, -0.15) is 0 Å². The minimum atomic E-state index is -0.706. The number of carbonyl (C=O) groups is 1. The van der Waals surface area contributed by atoms with Gasteiger partial charge in [-0.25, -0.2) is 13.6 Å². The van der Waals surface area contributed by atoms with Crippen LogP contribution in [-0.4, -0.2) is 16.7 Å². The Hall–Kier alpha value is -2.99. The summed E-state index contributed by atoms with van der Waals surface area (Å²) in [5.41, 5.74) is 1.82. The second-order valence-electron chi connectivity index (χ2n) is 8.12. The molecule has 4 nitrogen and oxygen atoms in total. The molecule has 31 heavy (non-hydrogen) atoms. The van der Waals surface area contributed by atoms with Gasteiger partial charge in [0.2, 0.25) is 0 Å². The van der Waals surface area contributed by atoms with Gasteiger partial charge in [-0.1, -0.05) is 29.8 Å². The average Bonchev–Trinajstić information content (AvgIpc) is 2.66. The number of hydrogen-bond donors (Lipinski definition) is 1. The van der Waals surface area contributed by atoms with Crippen LogP contribution < -0.4 is 5.32 Å². The zero-order valence-electron chi connectivity index (χ0n) is 17.5. The van der Waals surface area contributed by atoms with Crippen molar-refractivity contribution in [1.82, 2.24) is 10.3 Å². The van der Waals surface area contributed by atoms with Gasteiger partial charge in [0, 0.05) is 22.8 Å². The molecule has 0 aliphatic rings. The normalized spacial score (nSPS) is 12.3. The lowest BCUT2D eigenvalue weighted by Gasteiger charge is -2.25. The van der Waals surface area contributed by atoms with Crippen LogP contribution in [0.25, 0.3) is 11.1 Å². The number of nitrogens with one attached hydrogen (secondary N) is 1. The highest BCUT2D eigenvalue weighted by Gasteiger charge is 2.24. The Morgan fingerprint density at radius 3 is 2.35 bits per heavy atom. The number of hydrogen-bond acceptors (Lipinski definition) is 3. The molecule has 0 saturated carbocycles. The molecule has 3 aromatic rings. The highest BCUT2D eigenvalue weighted by atomic mass is 35.5. The van der Waals surface area contributed by atoms with Crippen LogP contribution in [0.4, 0.5) is 13.6 Å². The summed E-state index contributed by atoms with van der Waals surface area (Å²) in [5.74, 6) is -1.38. The standard InChI is InChI=1S/C24H23ClF2N2O2/c1-24(2,3)31-23(30)29-21(13-15-11-18(26)14-19(27)12-15)22-20(5-4-10-28-22)16-6-8-17(25)9-7-16/h4-12,14,21H,13H2,1-3H3,(H,29,30). The molecule has 0 saturated heterocycles. The molecule has 1 heterocycles. The van der Waals surface area contributed by atoms with Crippen LogP contribution in [0.1, 0.15) is 38.1 Å². The highest BCUT2D eigenvalue weighted by Crippen LogP contribution is 2.30. The molecule has 7 heteroatoms. The Morgan fingerprint density at radius 1 is 1.10 bits per heavy atom. The van der Waals surface area contributed by atoms with Crippen molar-refractivity contribution in [3.05, 3.63) is 88.7 Å². The van der Waals surface area contributed by atoms with Gasteiger partial charge in [-0.3, -0.25) is 4.98 Å². The first-order valence-corrected chi connectivity index (χ1v) is 10.1. The average molecular weight is 445 g/mol. The molecule has 1 atom stereocenters. The van der Waals surface area contributed by atoms with Crippen LogP contribution in [0.3, 0.4) is 0 Å². The van der Waals surface area contributed by atoms with E-state index in [1.807, 2.05) is 18.2 Å². The van der Waals surface area contributed by atoms with Crippen molar-refractivity contribution < 1.29 is 18.3 Å². The minimum Gasteiger partial charge on any atom is -0.444 e. The highest BCUT2D eigenvalue weighted by molar-refractivity contribution is 6.30. The maximum Gasteiger partial charge on any atom is 0.408 e. The molecular weight excluding hydrogens is 422 g/mol. The van der Waals surface area contributed by atoms with Crippen LogP contribution in [0, 0.1) is 11.6 Å². The van der Waals surface area contributed by atoms with E-state index in [4.69, 9.17) is 16.3 Å². The lowest BCUT2D eigenvalue weighted by molar-refractivity contribution is 0.0502. The fourth-order valence-electron chi connectivity index (χ4n) is 3.20. The molecule has 2 aromatic carbocycles. The van der Waals surface area contributed by atoms with E-state index < -0.39 is 29.4 Å². The van der Waals surface area contributed by atoms with Crippen LogP contribution >= 0.6 is 11.6 Å². The zero-order valence-corrected chi connectivity index (χ0v) is 18.2. The number of rotatable bonds is 5. The Morgan fingerprint density at radius 2 is 1.74 bits per heavy atom. The van der Waals surface area contributed by atoms with E-state index >= 15 is 0 Å². The van der Waals surface area contributed by atoms with E-state index in [1.165, 1.54) is 12.1 Å². The van der Waals surface area contributed by atoms with Gasteiger partial charge in [0.15, 0.2) is 0 Å². The predicted octanol–water partition coefficient (Wildman–Crippen LogP) is 6.49. The number of pyridine rings is 1. The zero-order chi connectivity index (χ0) is 22.6. The van der Waals surface area contributed by atoms with Gasteiger partial charge < -0.3 is 10.1 Å². The third-order valence-corrected chi connectivity index (χ3v) is 4.63. The van der Waals surface area contributed by atoms with E-state index in [9.17, 15) is 13.6 Å². The summed E-state index contributed by atoms with van der Waals surface area (Å²) >= 11 is 6.01. The second-order valence-corrected chi connectivity index (χ2v) is 8.56. The molecule has 0 fully saturated rings. The minimum absolute atomic E-state index is 0.117. The molecule has 0 bridgehead atoms. The molecule has 0 spiro atoms.